The Bertz CT molecular complexity index is 2340. The first-order valence-corrected chi connectivity index (χ1v) is 18.5. The Labute approximate surface area is 329 Å². The molecule has 0 bridgehead atoms. The van der Waals surface area contributed by atoms with Crippen LogP contribution in [0.5, 0.6) is 23.0 Å². The largest absolute Gasteiger partial charge is 0.497 e. The van der Waals surface area contributed by atoms with Gasteiger partial charge in [-0.05, 0) is 128 Å². The van der Waals surface area contributed by atoms with Crippen LogP contribution in [0.3, 0.4) is 0 Å². The van der Waals surface area contributed by atoms with Crippen LogP contribution in [0, 0.1) is 13.8 Å². The quantitative estimate of drug-likeness (QED) is 0.0779. The highest BCUT2D eigenvalue weighted by Crippen LogP contribution is 2.39. The smallest absolute Gasteiger partial charge is 0.145 e. The number of ether oxygens (including phenoxy) is 4. The number of para-hydroxylation sites is 2. The van der Waals surface area contributed by atoms with Crippen molar-refractivity contribution in [2.75, 3.05) is 35.5 Å². The van der Waals surface area contributed by atoms with Crippen LogP contribution in [-0.2, 0) is 13.2 Å². The molecule has 7 aromatic rings. The number of anilines is 8. The number of hydrogen-bond donors (Lipinski definition) is 4. The Kier molecular flexibility index (Phi) is 11.9. The number of nitrogens with one attached hydrogen (secondary N) is 4. The van der Waals surface area contributed by atoms with Crippen LogP contribution in [0.1, 0.15) is 22.3 Å². The predicted molar refractivity (Wildman–Crippen MR) is 229 cm³/mol. The molecule has 0 aromatic heterocycles. The topological polar surface area (TPSA) is 85.0 Å². The summed E-state index contributed by atoms with van der Waals surface area (Å²) in [5.74, 6) is 3.01. The fourth-order valence-electron chi connectivity index (χ4n) is 6.12. The Morgan fingerprint density at radius 2 is 0.750 bits per heavy atom. The zero-order valence-electron chi connectivity index (χ0n) is 32.1. The van der Waals surface area contributed by atoms with Gasteiger partial charge in [-0.2, -0.15) is 0 Å². The number of hydrogen-bond acceptors (Lipinski definition) is 8. The Hall–Kier alpha value is -7.06. The molecule has 4 N–H and O–H groups in total. The summed E-state index contributed by atoms with van der Waals surface area (Å²) in [7, 11) is 3.32. The predicted octanol–water partition coefficient (Wildman–Crippen LogP) is 12.5. The van der Waals surface area contributed by atoms with Gasteiger partial charge in [-0.3, -0.25) is 0 Å². The van der Waals surface area contributed by atoms with Crippen LogP contribution in [-0.4, -0.2) is 14.2 Å². The van der Waals surface area contributed by atoms with Crippen molar-refractivity contribution in [3.63, 3.8) is 0 Å². The number of methoxy groups -OCH3 is 2. The molecule has 8 nitrogen and oxygen atoms in total. The second-order valence-corrected chi connectivity index (χ2v) is 13.4. The third-order valence-corrected chi connectivity index (χ3v) is 9.21. The third-order valence-electron chi connectivity index (χ3n) is 9.21. The summed E-state index contributed by atoms with van der Waals surface area (Å²) in [5, 5.41) is 14.3. The minimum atomic E-state index is 0.354. The molecule has 7 aromatic carbocycles. The van der Waals surface area contributed by atoms with Gasteiger partial charge in [-0.25, -0.2) is 0 Å². The molecule has 7 rings (SSSR count). The van der Waals surface area contributed by atoms with Crippen molar-refractivity contribution in [2.45, 2.75) is 27.1 Å². The average Bonchev–Trinajstić information content (AvgIpc) is 3.23. The van der Waals surface area contributed by atoms with Gasteiger partial charge in [0.25, 0.3) is 0 Å². The van der Waals surface area contributed by atoms with Gasteiger partial charge in [0.2, 0.25) is 0 Å². The van der Waals surface area contributed by atoms with E-state index in [1.807, 2.05) is 84.9 Å². The van der Waals surface area contributed by atoms with E-state index in [0.29, 0.717) is 19.0 Å². The third kappa shape index (κ3) is 9.72. The van der Waals surface area contributed by atoms with Crippen molar-refractivity contribution in [3.8, 4) is 23.0 Å². The minimum Gasteiger partial charge on any atom is -0.497 e. The molecule has 0 unspecified atom stereocenters. The van der Waals surface area contributed by atoms with Gasteiger partial charge in [-0.15, -0.1) is 0 Å². The van der Waals surface area contributed by atoms with E-state index in [-0.39, 0.29) is 0 Å². The fourth-order valence-corrected chi connectivity index (χ4v) is 6.12. The number of aryl methyl sites for hydroxylation is 2. The van der Waals surface area contributed by atoms with Crippen LogP contribution in [0.25, 0.3) is 0 Å². The molecular weight excluding hydrogens is 697 g/mol. The summed E-state index contributed by atoms with van der Waals surface area (Å²) < 4.78 is 23.8. The van der Waals surface area contributed by atoms with E-state index >= 15 is 0 Å². The molecule has 0 spiro atoms. The average molecular weight is 743 g/mol. The molecule has 0 atom stereocenters. The molecular formula is C48H46N4O4. The molecule has 8 heteroatoms. The summed E-state index contributed by atoms with van der Waals surface area (Å²) in [6, 6.07) is 52.7. The number of benzene rings is 7. The Morgan fingerprint density at radius 1 is 0.393 bits per heavy atom. The molecule has 0 fully saturated rings. The first-order chi connectivity index (χ1) is 27.4. The molecule has 0 amide bonds. The maximum Gasteiger partial charge on any atom is 0.145 e. The van der Waals surface area contributed by atoms with E-state index in [1.54, 1.807) is 14.2 Å². The second-order valence-electron chi connectivity index (χ2n) is 13.4. The zero-order valence-corrected chi connectivity index (χ0v) is 32.1. The maximum absolute atomic E-state index is 6.54. The van der Waals surface area contributed by atoms with Crippen molar-refractivity contribution in [3.05, 3.63) is 180 Å². The van der Waals surface area contributed by atoms with Gasteiger partial charge in [0.15, 0.2) is 0 Å². The summed E-state index contributed by atoms with van der Waals surface area (Å²) in [5.41, 5.74) is 11.7. The molecule has 0 aliphatic heterocycles. The minimum absolute atomic E-state index is 0.354. The highest BCUT2D eigenvalue weighted by atomic mass is 16.5. The van der Waals surface area contributed by atoms with Crippen LogP contribution >= 0.6 is 0 Å². The second kappa shape index (κ2) is 17.8. The molecule has 0 aliphatic rings. The van der Waals surface area contributed by atoms with Gasteiger partial charge in [0, 0.05) is 22.7 Å². The fraction of sp³-hybridized carbons (Fsp3) is 0.125. The number of rotatable bonds is 16. The van der Waals surface area contributed by atoms with Crippen LogP contribution < -0.4 is 40.2 Å². The van der Waals surface area contributed by atoms with Gasteiger partial charge >= 0.3 is 0 Å². The van der Waals surface area contributed by atoms with Crippen molar-refractivity contribution in [1.29, 1.82) is 0 Å². The van der Waals surface area contributed by atoms with E-state index < -0.39 is 0 Å². The highest BCUT2D eigenvalue weighted by molar-refractivity contribution is 5.84. The van der Waals surface area contributed by atoms with E-state index in [1.165, 1.54) is 11.1 Å². The lowest BCUT2D eigenvalue weighted by Crippen LogP contribution is -2.04. The van der Waals surface area contributed by atoms with E-state index in [4.69, 9.17) is 18.9 Å². The lowest BCUT2D eigenvalue weighted by atomic mass is 10.1. The molecule has 0 saturated carbocycles. The standard InChI is InChI=1S/C48H46N4O4/c1-33-14-18-37(19-15-33)49-43-10-6-12-45(47(43)51-39-20-16-34(2)17-21-39)55-31-35-8-5-9-36(30-35)32-56-46-13-7-11-44(50-38-22-26-41(53-3)27-23-38)48(46)52-40-24-28-42(54-4)29-25-40/h5-30,49-52H,31-32H2,1-4H3. The lowest BCUT2D eigenvalue weighted by Gasteiger charge is -2.19. The van der Waals surface area contributed by atoms with E-state index in [0.717, 1.165) is 73.9 Å². The molecule has 56 heavy (non-hydrogen) atoms. The van der Waals surface area contributed by atoms with Gasteiger partial charge in [-0.1, -0.05) is 65.7 Å². The summed E-state index contributed by atoms with van der Waals surface area (Å²) >= 11 is 0. The molecule has 0 saturated heterocycles. The Morgan fingerprint density at radius 3 is 1.14 bits per heavy atom. The Balaban J connectivity index is 1.09. The highest BCUT2D eigenvalue weighted by Gasteiger charge is 2.14. The molecule has 282 valence electrons. The first-order valence-electron chi connectivity index (χ1n) is 18.5. The van der Waals surface area contributed by atoms with Gasteiger partial charge in [0.05, 0.1) is 25.6 Å². The van der Waals surface area contributed by atoms with Crippen molar-refractivity contribution in [1.82, 2.24) is 0 Å². The summed E-state index contributed by atoms with van der Waals surface area (Å²) in [4.78, 5) is 0. The van der Waals surface area contributed by atoms with Crippen molar-refractivity contribution < 1.29 is 18.9 Å². The lowest BCUT2D eigenvalue weighted by molar-refractivity contribution is 0.301. The van der Waals surface area contributed by atoms with Gasteiger partial charge in [0.1, 0.15) is 47.6 Å². The van der Waals surface area contributed by atoms with E-state index in [2.05, 4.69) is 108 Å². The first kappa shape index (κ1) is 37.3. The van der Waals surface area contributed by atoms with Gasteiger partial charge < -0.3 is 40.2 Å². The van der Waals surface area contributed by atoms with Crippen molar-refractivity contribution in [2.24, 2.45) is 0 Å². The zero-order chi connectivity index (χ0) is 38.7. The SMILES string of the molecule is COc1ccc(Nc2cccc(OCc3cccc(COc4cccc(Nc5ccc(C)cc5)c4Nc4ccc(C)cc4)c3)c2Nc2ccc(OC)cc2)cc1. The van der Waals surface area contributed by atoms with Crippen molar-refractivity contribution >= 4 is 45.5 Å². The molecule has 0 radical (unpaired) electrons. The molecule has 0 aliphatic carbocycles. The summed E-state index contributed by atoms with van der Waals surface area (Å²) in [6.07, 6.45) is 0. The van der Waals surface area contributed by atoms with Crippen LogP contribution in [0.2, 0.25) is 0 Å². The molecule has 0 heterocycles. The van der Waals surface area contributed by atoms with Crippen LogP contribution in [0.15, 0.2) is 158 Å². The summed E-state index contributed by atoms with van der Waals surface area (Å²) in [6.45, 7) is 4.90. The normalized spacial score (nSPS) is 10.6. The van der Waals surface area contributed by atoms with Crippen LogP contribution in [0.4, 0.5) is 45.5 Å². The maximum atomic E-state index is 6.54. The monoisotopic (exact) mass is 742 g/mol. The van der Waals surface area contributed by atoms with E-state index in [9.17, 15) is 0 Å².